The summed E-state index contributed by atoms with van der Waals surface area (Å²) in [5.41, 5.74) is 1.22. The fraction of sp³-hybridized carbons (Fsp3) is 0.190. The van der Waals surface area contributed by atoms with Crippen LogP contribution in [-0.4, -0.2) is 51.1 Å². The van der Waals surface area contributed by atoms with E-state index in [1.54, 1.807) is 16.5 Å². The van der Waals surface area contributed by atoms with Crippen molar-refractivity contribution < 1.29 is 27.5 Å². The van der Waals surface area contributed by atoms with Crippen LogP contribution in [0.15, 0.2) is 63.8 Å². The summed E-state index contributed by atoms with van der Waals surface area (Å²) in [6.07, 6.45) is 5.33. The number of anilines is 1. The number of esters is 2. The molecule has 0 spiro atoms. The first kappa shape index (κ1) is 20.6. The van der Waals surface area contributed by atoms with Gasteiger partial charge < -0.3 is 18.9 Å². The monoisotopic (exact) mass is 441 g/mol. The molecule has 0 N–H and O–H groups in total. The van der Waals surface area contributed by atoms with Gasteiger partial charge in [-0.25, -0.2) is 23.0 Å². The van der Waals surface area contributed by atoms with Gasteiger partial charge in [-0.3, -0.25) is 0 Å². The predicted octanol–water partition coefficient (Wildman–Crippen LogP) is 2.13. The minimum atomic E-state index is -3.56. The number of rotatable bonds is 3. The number of allylic oxidation sites excluding steroid dienone is 2. The Morgan fingerprint density at radius 2 is 1.71 bits per heavy atom. The van der Waals surface area contributed by atoms with Crippen molar-refractivity contribution in [2.75, 3.05) is 25.4 Å². The van der Waals surface area contributed by atoms with Crippen LogP contribution < -0.4 is 4.90 Å². The first-order valence-corrected chi connectivity index (χ1v) is 11.0. The standard InChI is InChI=1S/C21H19N3O6S/c1-23-14-8-6-5-7-13(14)18-19(23)22-17(21(26)30-3)16(20(25)29-2)15-10-9-12(11-24(15)18)31(4,27)28/h5-11H,1-4H3. The zero-order valence-electron chi connectivity index (χ0n) is 17.2. The molecule has 0 fully saturated rings. The predicted molar refractivity (Wildman–Crippen MR) is 116 cm³/mol. The van der Waals surface area contributed by atoms with Gasteiger partial charge in [-0.2, -0.15) is 0 Å². The zero-order chi connectivity index (χ0) is 22.5. The van der Waals surface area contributed by atoms with Crippen molar-refractivity contribution in [3.8, 4) is 0 Å². The lowest BCUT2D eigenvalue weighted by Crippen LogP contribution is -2.29. The molecule has 160 valence electrons. The summed E-state index contributed by atoms with van der Waals surface area (Å²) < 4.78 is 36.1. The average molecular weight is 441 g/mol. The lowest BCUT2D eigenvalue weighted by molar-refractivity contribution is -0.137. The minimum absolute atomic E-state index is 0.0425. The van der Waals surface area contributed by atoms with Crippen molar-refractivity contribution >= 4 is 49.9 Å². The molecule has 31 heavy (non-hydrogen) atoms. The highest BCUT2D eigenvalue weighted by Gasteiger charge is 2.37. The van der Waals surface area contributed by atoms with Crippen molar-refractivity contribution in [3.05, 3.63) is 58.8 Å². The molecule has 0 saturated heterocycles. The van der Waals surface area contributed by atoms with Crippen molar-refractivity contribution in [2.45, 2.75) is 0 Å². The number of aliphatic imine (C=N–C) groups is 1. The largest absolute Gasteiger partial charge is 0.465 e. The number of ether oxygens (including phenoxy) is 2. The van der Waals surface area contributed by atoms with Gasteiger partial charge in [0.2, 0.25) is 0 Å². The molecule has 0 saturated carbocycles. The van der Waals surface area contributed by atoms with E-state index < -0.39 is 21.8 Å². The molecule has 0 bridgehead atoms. The van der Waals surface area contributed by atoms with Gasteiger partial charge in [-0.1, -0.05) is 18.2 Å². The van der Waals surface area contributed by atoms with E-state index in [0.29, 0.717) is 11.5 Å². The Hall–Kier alpha value is -3.66. The summed E-state index contributed by atoms with van der Waals surface area (Å²) >= 11 is 0. The van der Waals surface area contributed by atoms with E-state index in [4.69, 9.17) is 9.47 Å². The molecule has 3 heterocycles. The van der Waals surface area contributed by atoms with E-state index in [1.165, 1.54) is 32.6 Å². The summed E-state index contributed by atoms with van der Waals surface area (Å²) in [5.74, 6) is -1.27. The van der Waals surface area contributed by atoms with Gasteiger partial charge >= 0.3 is 11.9 Å². The third-order valence-corrected chi connectivity index (χ3v) is 6.22. The lowest BCUT2D eigenvalue weighted by atomic mass is 10.1. The molecule has 1 aromatic carbocycles. The second kappa shape index (κ2) is 7.24. The van der Waals surface area contributed by atoms with E-state index in [-0.39, 0.29) is 21.9 Å². The summed E-state index contributed by atoms with van der Waals surface area (Å²) in [4.78, 5) is 31.5. The number of sulfone groups is 1. The zero-order valence-corrected chi connectivity index (χ0v) is 18.1. The van der Waals surface area contributed by atoms with Crippen molar-refractivity contribution in [1.29, 1.82) is 0 Å². The molecule has 1 aromatic heterocycles. The number of para-hydroxylation sites is 1. The second-order valence-corrected chi connectivity index (χ2v) is 8.97. The molecule has 0 unspecified atom stereocenters. The third kappa shape index (κ3) is 3.15. The Morgan fingerprint density at radius 1 is 1.03 bits per heavy atom. The van der Waals surface area contributed by atoms with Crippen molar-refractivity contribution in [2.24, 2.45) is 12.0 Å². The number of benzene rings is 1. The number of methoxy groups -OCH3 is 2. The smallest absolute Gasteiger partial charge is 0.357 e. The Labute approximate surface area is 178 Å². The summed E-state index contributed by atoms with van der Waals surface area (Å²) in [7, 11) is 0.586. The van der Waals surface area contributed by atoms with E-state index in [9.17, 15) is 18.0 Å². The van der Waals surface area contributed by atoms with Crippen LogP contribution in [0.2, 0.25) is 0 Å². The van der Waals surface area contributed by atoms with Gasteiger partial charge in [0.1, 0.15) is 5.57 Å². The molecule has 0 aliphatic carbocycles. The highest BCUT2D eigenvalue weighted by Crippen LogP contribution is 2.45. The van der Waals surface area contributed by atoms with Crippen LogP contribution in [0.3, 0.4) is 0 Å². The maximum atomic E-state index is 12.7. The molecule has 2 aliphatic heterocycles. The molecule has 0 radical (unpaired) electrons. The van der Waals surface area contributed by atoms with Crippen LogP contribution in [0.4, 0.5) is 11.5 Å². The second-order valence-electron chi connectivity index (χ2n) is 6.96. The fourth-order valence-electron chi connectivity index (χ4n) is 3.65. The molecule has 2 aliphatic rings. The molecule has 2 aromatic rings. The maximum Gasteiger partial charge on any atom is 0.357 e. The number of aryl methyl sites for hydroxylation is 1. The Bertz CT molecular complexity index is 1380. The van der Waals surface area contributed by atoms with Gasteiger partial charge in [-0.15, -0.1) is 0 Å². The quantitative estimate of drug-likeness (QED) is 0.672. The topological polar surface area (TPSA) is 107 Å². The van der Waals surface area contributed by atoms with Gasteiger partial charge in [0.05, 0.1) is 36.0 Å². The van der Waals surface area contributed by atoms with Gasteiger partial charge in [0, 0.05) is 24.9 Å². The SMILES string of the molecule is COC(=O)C1=Nc2c(c3ccccc3n2C)N2C=C(S(C)(=O)=O)C=CC2=C1C(=O)OC. The molecular weight excluding hydrogens is 422 g/mol. The number of hydrogen-bond acceptors (Lipinski definition) is 8. The van der Waals surface area contributed by atoms with E-state index in [1.807, 2.05) is 24.3 Å². The van der Waals surface area contributed by atoms with Crippen LogP contribution in [0.25, 0.3) is 10.9 Å². The molecule has 0 atom stereocenters. The highest BCUT2D eigenvalue weighted by atomic mass is 32.2. The van der Waals surface area contributed by atoms with Crippen LogP contribution in [0.1, 0.15) is 0 Å². The minimum Gasteiger partial charge on any atom is -0.465 e. The Morgan fingerprint density at radius 3 is 2.35 bits per heavy atom. The van der Waals surface area contributed by atoms with E-state index in [2.05, 4.69) is 4.99 Å². The molecular formula is C21H19N3O6S. The normalized spacial score (nSPS) is 15.7. The van der Waals surface area contributed by atoms with E-state index >= 15 is 0 Å². The number of hydrogen-bond donors (Lipinski definition) is 0. The number of nitrogens with zero attached hydrogens (tertiary/aromatic N) is 3. The summed E-state index contributed by atoms with van der Waals surface area (Å²) in [5, 5.41) is 0.760. The van der Waals surface area contributed by atoms with Crippen molar-refractivity contribution in [1.82, 2.24) is 4.57 Å². The van der Waals surface area contributed by atoms with E-state index in [0.717, 1.165) is 17.2 Å². The van der Waals surface area contributed by atoms with Gasteiger partial charge in [0.25, 0.3) is 0 Å². The third-order valence-electron chi connectivity index (χ3n) is 5.12. The van der Waals surface area contributed by atoms with Crippen LogP contribution >= 0.6 is 0 Å². The van der Waals surface area contributed by atoms with Crippen LogP contribution in [0.5, 0.6) is 0 Å². The molecule has 9 nitrogen and oxygen atoms in total. The molecule has 4 rings (SSSR count). The number of aromatic nitrogens is 1. The maximum absolute atomic E-state index is 12.7. The van der Waals surface area contributed by atoms with Crippen LogP contribution in [-0.2, 0) is 35.9 Å². The Balaban J connectivity index is 2.17. The molecule has 0 amide bonds. The lowest BCUT2D eigenvalue weighted by Gasteiger charge is -2.26. The molecule has 10 heteroatoms. The first-order chi connectivity index (χ1) is 14.7. The van der Waals surface area contributed by atoms with Gasteiger partial charge in [-0.05, 0) is 18.2 Å². The number of carbonyl (C=O) groups is 2. The number of fused-ring (bicyclic) bond motifs is 5. The van der Waals surface area contributed by atoms with Crippen molar-refractivity contribution in [3.63, 3.8) is 0 Å². The first-order valence-electron chi connectivity index (χ1n) is 9.15. The summed E-state index contributed by atoms with van der Waals surface area (Å²) in [6, 6.07) is 7.43. The number of carbonyl (C=O) groups excluding carboxylic acids is 2. The summed E-state index contributed by atoms with van der Waals surface area (Å²) in [6.45, 7) is 0. The van der Waals surface area contributed by atoms with Crippen LogP contribution in [0, 0.1) is 0 Å². The fourth-order valence-corrected chi connectivity index (χ4v) is 4.26. The average Bonchev–Trinajstić information content (AvgIpc) is 2.93. The Kier molecular flexibility index (Phi) is 4.81. The highest BCUT2D eigenvalue weighted by molar-refractivity contribution is 7.94. The van der Waals surface area contributed by atoms with Gasteiger partial charge in [0.15, 0.2) is 21.4 Å².